The number of ether oxygens (including phenoxy) is 2. The molecule has 0 bridgehead atoms. The molecule has 2 atom stereocenters. The second-order valence-electron chi connectivity index (χ2n) is 5.63. The van der Waals surface area contributed by atoms with Crippen LogP contribution >= 0.6 is 0 Å². The van der Waals surface area contributed by atoms with E-state index < -0.39 is 10.0 Å². The molecule has 2 fully saturated rings. The van der Waals surface area contributed by atoms with Crippen molar-refractivity contribution in [3.8, 4) is 0 Å². The summed E-state index contributed by atoms with van der Waals surface area (Å²) in [6.45, 7) is 3.92. The molecule has 1 N–H and O–H groups in total. The van der Waals surface area contributed by atoms with E-state index in [2.05, 4.69) is 4.72 Å². The van der Waals surface area contributed by atoms with Crippen LogP contribution in [0.4, 0.5) is 0 Å². The Hall–Kier alpha value is -0.890. The first-order valence-electron chi connectivity index (χ1n) is 7.34. The fourth-order valence-electron chi connectivity index (χ4n) is 3.43. The van der Waals surface area contributed by atoms with Crippen LogP contribution in [0.3, 0.4) is 0 Å². The standard InChI is InChI=1S/C14H21NO5S/c1-2-19-12-10-11(14(12)5-8-18-9-6-14)15-21(16,17)13-4-3-7-20-13/h3-4,7,11-12,15H,2,5-6,8-10H2,1H3. The Labute approximate surface area is 124 Å². The lowest BCUT2D eigenvalue weighted by Gasteiger charge is -2.57. The lowest BCUT2D eigenvalue weighted by molar-refractivity contribution is -0.168. The summed E-state index contributed by atoms with van der Waals surface area (Å²) < 4.78 is 43.6. The van der Waals surface area contributed by atoms with Crippen LogP contribution in [0.1, 0.15) is 26.2 Å². The van der Waals surface area contributed by atoms with Gasteiger partial charge in [-0.2, -0.15) is 0 Å². The van der Waals surface area contributed by atoms with Gasteiger partial charge in [0, 0.05) is 31.3 Å². The largest absolute Gasteiger partial charge is 0.452 e. The summed E-state index contributed by atoms with van der Waals surface area (Å²) in [5, 5.41) is -0.0374. The molecular weight excluding hydrogens is 294 g/mol. The minimum absolute atomic E-state index is 0.0374. The van der Waals surface area contributed by atoms with Gasteiger partial charge >= 0.3 is 0 Å². The van der Waals surface area contributed by atoms with Gasteiger partial charge in [0.25, 0.3) is 10.0 Å². The molecule has 6 nitrogen and oxygen atoms in total. The number of hydrogen-bond acceptors (Lipinski definition) is 5. The van der Waals surface area contributed by atoms with Gasteiger partial charge < -0.3 is 13.9 Å². The van der Waals surface area contributed by atoms with E-state index in [1.165, 1.54) is 12.3 Å². The number of rotatable bonds is 5. The normalized spacial score (nSPS) is 28.4. The fraction of sp³-hybridized carbons (Fsp3) is 0.714. The Bertz CT molecular complexity index is 562. The van der Waals surface area contributed by atoms with Gasteiger partial charge in [-0.15, -0.1) is 0 Å². The lowest BCUT2D eigenvalue weighted by atomic mass is 9.58. The molecule has 1 aromatic heterocycles. The van der Waals surface area contributed by atoms with Gasteiger partial charge in [-0.3, -0.25) is 0 Å². The Balaban J connectivity index is 1.76. The topological polar surface area (TPSA) is 77.8 Å². The zero-order valence-electron chi connectivity index (χ0n) is 12.1. The third-order valence-electron chi connectivity index (χ3n) is 4.63. The Morgan fingerprint density at radius 3 is 2.81 bits per heavy atom. The lowest BCUT2D eigenvalue weighted by Crippen LogP contribution is -2.66. The summed E-state index contributed by atoms with van der Waals surface area (Å²) >= 11 is 0. The van der Waals surface area contributed by atoms with E-state index in [4.69, 9.17) is 13.9 Å². The minimum Gasteiger partial charge on any atom is -0.452 e. The van der Waals surface area contributed by atoms with Crippen LogP contribution in [0.2, 0.25) is 0 Å². The van der Waals surface area contributed by atoms with Gasteiger partial charge in [0.1, 0.15) is 0 Å². The molecule has 1 aliphatic heterocycles. The predicted molar refractivity (Wildman–Crippen MR) is 75.3 cm³/mol. The van der Waals surface area contributed by atoms with Crippen molar-refractivity contribution in [2.24, 2.45) is 5.41 Å². The molecule has 0 aromatic carbocycles. The van der Waals surface area contributed by atoms with Crippen LogP contribution in [-0.2, 0) is 19.5 Å². The molecule has 21 heavy (non-hydrogen) atoms. The predicted octanol–water partition coefficient (Wildman–Crippen LogP) is 1.53. The van der Waals surface area contributed by atoms with Gasteiger partial charge in [-0.1, -0.05) is 0 Å². The number of sulfonamides is 1. The van der Waals surface area contributed by atoms with Crippen LogP contribution in [0.5, 0.6) is 0 Å². The quantitative estimate of drug-likeness (QED) is 0.891. The SMILES string of the molecule is CCOC1CC(NS(=O)(=O)c2ccco2)C12CCOCC2. The summed E-state index contributed by atoms with van der Waals surface area (Å²) in [4.78, 5) is 0. The van der Waals surface area contributed by atoms with E-state index in [1.54, 1.807) is 6.07 Å². The van der Waals surface area contributed by atoms with E-state index in [0.717, 1.165) is 12.8 Å². The Morgan fingerprint density at radius 2 is 2.19 bits per heavy atom. The van der Waals surface area contributed by atoms with Crippen molar-refractivity contribution in [3.63, 3.8) is 0 Å². The maximum atomic E-state index is 12.3. The van der Waals surface area contributed by atoms with Crippen molar-refractivity contribution in [2.45, 2.75) is 43.4 Å². The van der Waals surface area contributed by atoms with Crippen LogP contribution in [-0.4, -0.2) is 40.4 Å². The fourth-order valence-corrected chi connectivity index (χ4v) is 4.69. The second-order valence-corrected chi connectivity index (χ2v) is 7.28. The Morgan fingerprint density at radius 1 is 1.43 bits per heavy atom. The van der Waals surface area contributed by atoms with Crippen molar-refractivity contribution >= 4 is 10.0 Å². The third kappa shape index (κ3) is 2.63. The average Bonchev–Trinajstić information content (AvgIpc) is 3.02. The van der Waals surface area contributed by atoms with Crippen molar-refractivity contribution in [2.75, 3.05) is 19.8 Å². The van der Waals surface area contributed by atoms with Gasteiger partial charge in [-0.25, -0.2) is 13.1 Å². The van der Waals surface area contributed by atoms with Gasteiger partial charge in [-0.05, 0) is 38.3 Å². The summed E-state index contributed by atoms with van der Waals surface area (Å²) in [6, 6.07) is 2.91. The van der Waals surface area contributed by atoms with E-state index in [0.29, 0.717) is 26.2 Å². The maximum absolute atomic E-state index is 12.3. The molecule has 1 saturated carbocycles. The monoisotopic (exact) mass is 315 g/mol. The zero-order valence-corrected chi connectivity index (χ0v) is 12.9. The molecule has 1 spiro atoms. The Kier molecular flexibility index (Phi) is 4.09. The first-order chi connectivity index (χ1) is 10.1. The highest BCUT2D eigenvalue weighted by Crippen LogP contribution is 2.51. The molecule has 1 aliphatic carbocycles. The summed E-state index contributed by atoms with van der Waals surface area (Å²) in [6.07, 6.45) is 3.82. The first kappa shape index (κ1) is 15.0. The van der Waals surface area contributed by atoms with Gasteiger partial charge in [0.15, 0.2) is 0 Å². The molecule has 118 valence electrons. The van der Waals surface area contributed by atoms with Crippen LogP contribution in [0.25, 0.3) is 0 Å². The molecule has 7 heteroatoms. The van der Waals surface area contributed by atoms with E-state index in [1.807, 2.05) is 6.92 Å². The number of hydrogen-bond donors (Lipinski definition) is 1. The number of nitrogens with one attached hydrogen (secondary N) is 1. The second kappa shape index (κ2) is 5.72. The molecule has 2 aliphatic rings. The van der Waals surface area contributed by atoms with Crippen LogP contribution < -0.4 is 4.72 Å². The zero-order chi connectivity index (χ0) is 14.9. The summed E-state index contributed by atoms with van der Waals surface area (Å²) in [5.41, 5.74) is -0.145. The van der Waals surface area contributed by atoms with E-state index in [9.17, 15) is 8.42 Å². The van der Waals surface area contributed by atoms with Crippen LogP contribution in [0.15, 0.2) is 27.9 Å². The molecule has 2 unspecified atom stereocenters. The smallest absolute Gasteiger partial charge is 0.274 e. The van der Waals surface area contributed by atoms with E-state index in [-0.39, 0.29) is 22.7 Å². The summed E-state index contributed by atoms with van der Waals surface area (Å²) in [5.74, 6) is 0. The molecule has 0 radical (unpaired) electrons. The maximum Gasteiger partial charge on any atom is 0.274 e. The van der Waals surface area contributed by atoms with Crippen molar-refractivity contribution in [1.82, 2.24) is 4.72 Å². The van der Waals surface area contributed by atoms with Crippen molar-refractivity contribution in [1.29, 1.82) is 0 Å². The summed E-state index contributed by atoms with van der Waals surface area (Å²) in [7, 11) is -3.60. The van der Waals surface area contributed by atoms with Gasteiger partial charge in [0.2, 0.25) is 5.09 Å². The molecule has 0 amide bonds. The average molecular weight is 315 g/mol. The highest BCUT2D eigenvalue weighted by atomic mass is 32.2. The number of furan rings is 1. The minimum atomic E-state index is -3.60. The highest BCUT2D eigenvalue weighted by molar-refractivity contribution is 7.89. The van der Waals surface area contributed by atoms with Crippen molar-refractivity contribution < 1.29 is 22.3 Å². The van der Waals surface area contributed by atoms with Crippen LogP contribution in [0, 0.1) is 5.41 Å². The molecule has 2 heterocycles. The van der Waals surface area contributed by atoms with Crippen molar-refractivity contribution in [3.05, 3.63) is 18.4 Å². The third-order valence-corrected chi connectivity index (χ3v) is 5.99. The van der Waals surface area contributed by atoms with Gasteiger partial charge in [0.05, 0.1) is 12.4 Å². The van der Waals surface area contributed by atoms with E-state index >= 15 is 0 Å². The molecule has 1 aromatic rings. The molecular formula is C14H21NO5S. The highest BCUT2D eigenvalue weighted by Gasteiger charge is 2.57. The molecule has 3 rings (SSSR count). The first-order valence-corrected chi connectivity index (χ1v) is 8.82. The molecule has 1 saturated heterocycles.